The van der Waals surface area contributed by atoms with Crippen molar-refractivity contribution in [3.8, 4) is 5.88 Å². The van der Waals surface area contributed by atoms with Crippen LogP contribution in [0.5, 0.6) is 5.88 Å². The molecule has 3 rings (SSSR count). The van der Waals surface area contributed by atoms with E-state index in [4.69, 9.17) is 12.2 Å². The van der Waals surface area contributed by atoms with Crippen molar-refractivity contribution in [3.63, 3.8) is 0 Å². The molecule has 11 heteroatoms. The standard InChI is InChI=1S/C17H17N5O5S/c1-3-13(23)21-12(9-5-4-6-10(7-9)22(26)27)8-11(19-21)14-15(24)18-17(28)20(2)16(14)25/h4-7,12,25H,3,8H2,1-2H3,(H,18,24,28). The third-order valence-corrected chi connectivity index (χ3v) is 4.89. The molecule has 10 nitrogen and oxygen atoms in total. The summed E-state index contributed by atoms with van der Waals surface area (Å²) in [4.78, 5) is 37.8. The molecule has 1 unspecified atom stereocenters. The number of benzene rings is 1. The highest BCUT2D eigenvalue weighted by Gasteiger charge is 2.35. The van der Waals surface area contributed by atoms with Crippen LogP contribution < -0.4 is 5.56 Å². The molecule has 28 heavy (non-hydrogen) atoms. The number of amides is 1. The lowest BCUT2D eigenvalue weighted by molar-refractivity contribution is -0.384. The molecule has 0 spiro atoms. The number of nitro benzene ring substituents is 1. The zero-order valence-corrected chi connectivity index (χ0v) is 15.9. The van der Waals surface area contributed by atoms with E-state index in [1.807, 2.05) is 0 Å². The van der Waals surface area contributed by atoms with Gasteiger partial charge in [-0.1, -0.05) is 19.1 Å². The first-order valence-corrected chi connectivity index (χ1v) is 8.82. The van der Waals surface area contributed by atoms with Crippen molar-refractivity contribution < 1.29 is 14.8 Å². The SMILES string of the molecule is CCC(=O)N1N=C(c2c(O)n(C)c(=S)[nH]c2=O)CC1c1cccc([N+](=O)[O-])c1. The van der Waals surface area contributed by atoms with Crippen LogP contribution >= 0.6 is 12.2 Å². The van der Waals surface area contributed by atoms with Gasteiger partial charge in [-0.2, -0.15) is 5.10 Å². The second-order valence-corrected chi connectivity index (χ2v) is 6.61. The predicted octanol–water partition coefficient (Wildman–Crippen LogP) is 2.14. The van der Waals surface area contributed by atoms with E-state index in [0.717, 1.165) is 0 Å². The first-order chi connectivity index (χ1) is 13.2. The van der Waals surface area contributed by atoms with Crippen molar-refractivity contribution in [2.45, 2.75) is 25.8 Å². The minimum atomic E-state index is -0.630. The molecular weight excluding hydrogens is 386 g/mol. The second-order valence-electron chi connectivity index (χ2n) is 6.23. The number of hydrogen-bond acceptors (Lipinski definition) is 7. The number of aromatic amines is 1. The topological polar surface area (TPSA) is 134 Å². The van der Waals surface area contributed by atoms with Crippen LogP contribution in [0.25, 0.3) is 0 Å². The van der Waals surface area contributed by atoms with Crippen LogP contribution in [0, 0.1) is 14.9 Å². The van der Waals surface area contributed by atoms with Gasteiger partial charge in [-0.15, -0.1) is 0 Å². The second kappa shape index (κ2) is 7.35. The van der Waals surface area contributed by atoms with Gasteiger partial charge in [0.25, 0.3) is 11.2 Å². The van der Waals surface area contributed by atoms with E-state index in [0.29, 0.717) is 5.56 Å². The Kier molecular flexibility index (Phi) is 5.10. The van der Waals surface area contributed by atoms with Gasteiger partial charge in [0, 0.05) is 32.0 Å². The summed E-state index contributed by atoms with van der Waals surface area (Å²) in [5, 5.41) is 26.9. The molecular formula is C17H17N5O5S. The van der Waals surface area contributed by atoms with E-state index in [1.165, 1.54) is 34.8 Å². The summed E-state index contributed by atoms with van der Waals surface area (Å²) in [6.07, 6.45) is 0.268. The minimum Gasteiger partial charge on any atom is -0.494 e. The maximum atomic E-state index is 12.4. The zero-order valence-electron chi connectivity index (χ0n) is 15.1. The van der Waals surface area contributed by atoms with Crippen LogP contribution in [0.3, 0.4) is 0 Å². The fourth-order valence-corrected chi connectivity index (χ4v) is 3.21. The summed E-state index contributed by atoms with van der Waals surface area (Å²) in [7, 11) is 1.49. The van der Waals surface area contributed by atoms with Gasteiger partial charge in [0.2, 0.25) is 11.8 Å². The molecule has 2 N–H and O–H groups in total. The number of carbonyl (C=O) groups excluding carboxylic acids is 1. The Morgan fingerprint density at radius 1 is 1.50 bits per heavy atom. The van der Waals surface area contributed by atoms with Gasteiger partial charge in [0.1, 0.15) is 5.56 Å². The van der Waals surface area contributed by atoms with Gasteiger partial charge < -0.3 is 5.11 Å². The van der Waals surface area contributed by atoms with Gasteiger partial charge in [-0.05, 0) is 17.8 Å². The normalized spacial score (nSPS) is 16.1. The fourth-order valence-electron chi connectivity index (χ4n) is 3.03. The maximum Gasteiger partial charge on any atom is 0.269 e. The Balaban J connectivity index is 2.11. The molecule has 1 amide bonds. The third kappa shape index (κ3) is 3.31. The average molecular weight is 403 g/mol. The zero-order chi connectivity index (χ0) is 20.6. The molecule has 1 atom stereocenters. The van der Waals surface area contributed by atoms with Crippen LogP contribution in [-0.4, -0.2) is 36.2 Å². The van der Waals surface area contributed by atoms with Crippen LogP contribution in [0.2, 0.25) is 0 Å². The van der Waals surface area contributed by atoms with Gasteiger partial charge >= 0.3 is 0 Å². The Hall–Kier alpha value is -3.34. The number of non-ortho nitro benzene ring substituents is 1. The van der Waals surface area contributed by atoms with Gasteiger partial charge in [0.15, 0.2) is 4.77 Å². The smallest absolute Gasteiger partial charge is 0.269 e. The summed E-state index contributed by atoms with van der Waals surface area (Å²) >= 11 is 4.96. The molecule has 0 fully saturated rings. The molecule has 0 saturated carbocycles. The van der Waals surface area contributed by atoms with E-state index in [-0.39, 0.29) is 46.4 Å². The summed E-state index contributed by atoms with van der Waals surface area (Å²) < 4.78 is 1.27. The van der Waals surface area contributed by atoms with Crippen molar-refractivity contribution in [2.75, 3.05) is 0 Å². The van der Waals surface area contributed by atoms with Crippen LogP contribution in [-0.2, 0) is 11.8 Å². The maximum absolute atomic E-state index is 12.4. The number of carbonyl (C=O) groups is 1. The van der Waals surface area contributed by atoms with E-state index >= 15 is 0 Å². The van der Waals surface area contributed by atoms with Gasteiger partial charge in [0.05, 0.1) is 16.7 Å². The molecule has 0 radical (unpaired) electrons. The monoisotopic (exact) mass is 403 g/mol. The number of rotatable bonds is 4. The van der Waals surface area contributed by atoms with Gasteiger partial charge in [-0.25, -0.2) is 5.01 Å². The molecule has 2 heterocycles. The molecule has 0 aliphatic carbocycles. The first kappa shape index (κ1) is 19.4. The number of aromatic hydroxyl groups is 1. The molecule has 146 valence electrons. The summed E-state index contributed by atoms with van der Waals surface area (Å²) in [5.41, 5.74) is -0.115. The average Bonchev–Trinajstić information content (AvgIpc) is 3.10. The largest absolute Gasteiger partial charge is 0.494 e. The Morgan fingerprint density at radius 2 is 2.21 bits per heavy atom. The fraction of sp³-hybridized carbons (Fsp3) is 0.294. The van der Waals surface area contributed by atoms with E-state index in [2.05, 4.69) is 10.1 Å². The van der Waals surface area contributed by atoms with E-state index < -0.39 is 16.5 Å². The molecule has 1 aromatic heterocycles. The summed E-state index contributed by atoms with van der Waals surface area (Å²) in [6.45, 7) is 1.66. The molecule has 2 aromatic rings. The van der Waals surface area contributed by atoms with Crippen molar-refractivity contribution in [1.29, 1.82) is 0 Å². The van der Waals surface area contributed by atoms with Crippen molar-refractivity contribution >= 4 is 29.5 Å². The molecule has 0 saturated heterocycles. The number of H-pyrrole nitrogens is 1. The number of aromatic nitrogens is 2. The molecule has 1 aliphatic rings. The minimum absolute atomic E-state index is 0.0431. The highest BCUT2D eigenvalue weighted by molar-refractivity contribution is 7.71. The van der Waals surface area contributed by atoms with E-state index in [9.17, 15) is 24.8 Å². The highest BCUT2D eigenvalue weighted by Crippen LogP contribution is 2.35. The van der Waals surface area contributed by atoms with Crippen molar-refractivity contribution in [3.05, 3.63) is 60.6 Å². The lowest BCUT2D eigenvalue weighted by Gasteiger charge is -2.21. The lowest BCUT2D eigenvalue weighted by atomic mass is 9.98. The van der Waals surface area contributed by atoms with Gasteiger partial charge in [-0.3, -0.25) is 29.3 Å². The molecule has 1 aromatic carbocycles. The quantitative estimate of drug-likeness (QED) is 0.456. The number of nitrogens with zero attached hydrogens (tertiary/aromatic N) is 4. The Morgan fingerprint density at radius 3 is 2.86 bits per heavy atom. The van der Waals surface area contributed by atoms with Crippen LogP contribution in [0.15, 0.2) is 34.2 Å². The Labute approximate surface area is 163 Å². The Bertz CT molecular complexity index is 1120. The number of hydrogen-bond donors (Lipinski definition) is 2. The number of hydrazone groups is 1. The van der Waals surface area contributed by atoms with Crippen molar-refractivity contribution in [1.82, 2.24) is 14.6 Å². The summed E-state index contributed by atoms with van der Waals surface area (Å²) in [5.74, 6) is -0.678. The third-order valence-electron chi connectivity index (χ3n) is 4.52. The summed E-state index contributed by atoms with van der Waals surface area (Å²) in [6, 6.07) is 5.27. The predicted molar refractivity (Wildman–Crippen MR) is 103 cm³/mol. The van der Waals surface area contributed by atoms with Crippen LogP contribution in [0.4, 0.5) is 5.69 Å². The number of nitrogens with one attached hydrogen (secondary N) is 1. The highest BCUT2D eigenvalue weighted by atomic mass is 32.1. The lowest BCUT2D eigenvalue weighted by Crippen LogP contribution is -2.26. The molecule has 1 aliphatic heterocycles. The van der Waals surface area contributed by atoms with Crippen LogP contribution in [0.1, 0.15) is 36.9 Å². The van der Waals surface area contributed by atoms with E-state index in [1.54, 1.807) is 13.0 Å². The molecule has 0 bridgehead atoms. The number of nitro groups is 1. The first-order valence-electron chi connectivity index (χ1n) is 8.41. The van der Waals surface area contributed by atoms with Crippen molar-refractivity contribution in [2.24, 2.45) is 12.1 Å².